The van der Waals surface area contributed by atoms with Gasteiger partial charge in [0.15, 0.2) is 29.1 Å². The fraction of sp³-hybridized carbons (Fsp3) is 0.667. The Labute approximate surface area is 276 Å². The number of amides is 1. The Morgan fingerprint density at radius 3 is 2.35 bits per heavy atom. The minimum absolute atomic E-state index is 0.0791. The topological polar surface area (TPSA) is 154 Å². The summed E-state index contributed by atoms with van der Waals surface area (Å²) < 4.78 is 30.1. The van der Waals surface area contributed by atoms with Crippen LogP contribution in [0, 0.1) is 0 Å². The number of hydrogen-bond donors (Lipinski definition) is 4. The first-order valence-corrected chi connectivity index (χ1v) is 17.5. The molecule has 0 bridgehead atoms. The smallest absolute Gasteiger partial charge is 0.288 e. The van der Waals surface area contributed by atoms with E-state index in [9.17, 15) is 19.2 Å². The van der Waals surface area contributed by atoms with Crippen molar-refractivity contribution in [3.05, 3.63) is 41.3 Å². The first-order valence-electron chi connectivity index (χ1n) is 16.4. The maximum atomic E-state index is 13.3. The molecule has 0 aliphatic heterocycles. The van der Waals surface area contributed by atoms with Crippen molar-refractivity contribution in [1.29, 1.82) is 0 Å². The molecule has 0 saturated carbocycles. The average molecular weight is 663 g/mol. The number of hydrogen-bond acceptors (Lipinski definition) is 8. The Balaban J connectivity index is 1.74. The van der Waals surface area contributed by atoms with Crippen molar-refractivity contribution in [2.45, 2.75) is 110 Å². The van der Waals surface area contributed by atoms with E-state index in [1.165, 1.54) is 30.6 Å². The molecule has 0 radical (unpaired) electrons. The number of fused-ring (bicyclic) bond motifs is 1. The van der Waals surface area contributed by atoms with Crippen LogP contribution < -0.4 is 13.6 Å². The summed E-state index contributed by atoms with van der Waals surface area (Å²) in [6, 6.07) is 7.47. The molecule has 13 heteroatoms. The molecule has 0 fully saturated rings. The highest BCUT2D eigenvalue weighted by atomic mass is 32.2. The number of benzene rings is 1. The third-order valence-corrected chi connectivity index (χ3v) is 8.65. The van der Waals surface area contributed by atoms with Gasteiger partial charge < -0.3 is 24.0 Å². The van der Waals surface area contributed by atoms with Gasteiger partial charge in [0.25, 0.3) is 17.2 Å². The molecule has 3 aromatic rings. The first-order chi connectivity index (χ1) is 21.8. The lowest BCUT2D eigenvalue weighted by molar-refractivity contribution is -0.139. The van der Waals surface area contributed by atoms with Gasteiger partial charge in [-0.3, -0.25) is 9.89 Å². The molecule has 0 aliphatic rings. The molecule has 258 valence electrons. The van der Waals surface area contributed by atoms with Gasteiger partial charge in [-0.25, -0.2) is 9.24 Å². The summed E-state index contributed by atoms with van der Waals surface area (Å²) in [7, 11) is 0. The number of nitrogens with one attached hydrogen (secondary N) is 2. The van der Waals surface area contributed by atoms with E-state index in [4.69, 9.17) is 8.92 Å². The van der Waals surface area contributed by atoms with Crippen molar-refractivity contribution in [2.24, 2.45) is 0 Å². The van der Waals surface area contributed by atoms with Crippen molar-refractivity contribution >= 4 is 22.8 Å². The van der Waals surface area contributed by atoms with E-state index in [0.717, 1.165) is 36.2 Å². The van der Waals surface area contributed by atoms with Crippen LogP contribution in [0.2, 0.25) is 0 Å². The van der Waals surface area contributed by atoms with Gasteiger partial charge in [0.2, 0.25) is 0 Å². The fourth-order valence-electron chi connectivity index (χ4n) is 5.09. The zero-order chi connectivity index (χ0) is 33.9. The van der Waals surface area contributed by atoms with Gasteiger partial charge in [0, 0.05) is 42.2 Å². The predicted octanol–water partition coefficient (Wildman–Crippen LogP) is 4.36. The summed E-state index contributed by atoms with van der Waals surface area (Å²) in [4.78, 5) is 14.3. The molecule has 3 rings (SSSR count). The van der Waals surface area contributed by atoms with E-state index in [2.05, 4.69) is 47.7 Å². The highest BCUT2D eigenvalue weighted by Gasteiger charge is 2.30. The summed E-state index contributed by atoms with van der Waals surface area (Å²) in [5.41, 5.74) is 2.11. The van der Waals surface area contributed by atoms with E-state index < -0.39 is 22.8 Å². The molecule has 0 saturated heterocycles. The molecule has 2 atom stereocenters. The summed E-state index contributed by atoms with van der Waals surface area (Å²) in [5.74, 6) is 0.835. The molecule has 2 unspecified atom stereocenters. The summed E-state index contributed by atoms with van der Waals surface area (Å²) in [6.45, 7) is 14.1. The fourth-order valence-corrected chi connectivity index (χ4v) is 5.92. The molecule has 0 aliphatic carbocycles. The molecule has 2 aromatic heterocycles. The van der Waals surface area contributed by atoms with Crippen molar-refractivity contribution in [1.82, 2.24) is 29.4 Å². The predicted molar refractivity (Wildman–Crippen MR) is 180 cm³/mol. The van der Waals surface area contributed by atoms with Crippen molar-refractivity contribution < 1.29 is 28.1 Å². The van der Waals surface area contributed by atoms with E-state index in [1.54, 1.807) is 13.0 Å². The molecule has 46 heavy (non-hydrogen) atoms. The number of ether oxygens (including phenoxy) is 1. The van der Waals surface area contributed by atoms with Crippen LogP contribution in [0.15, 0.2) is 24.3 Å². The van der Waals surface area contributed by atoms with Gasteiger partial charge in [-0.15, -0.1) is 10.2 Å². The highest BCUT2D eigenvalue weighted by molar-refractivity contribution is 7.78. The minimum atomic E-state index is -1.95. The normalized spacial score (nSPS) is 13.6. The number of aliphatic hydroxyl groups excluding tert-OH is 2. The third-order valence-electron chi connectivity index (χ3n) is 7.93. The van der Waals surface area contributed by atoms with Gasteiger partial charge in [0.1, 0.15) is 0 Å². The van der Waals surface area contributed by atoms with Crippen molar-refractivity contribution in [3.63, 3.8) is 0 Å². The number of carbonyl (C=O) groups is 1. The minimum Gasteiger partial charge on any atom is -0.477 e. The Hall–Kier alpha value is -3.00. The maximum Gasteiger partial charge on any atom is 0.288 e. The van der Waals surface area contributed by atoms with Crippen LogP contribution in [-0.4, -0.2) is 84.0 Å². The number of nitrogens with zero attached hydrogens (tertiary/aromatic N) is 4. The number of unbranched alkanes of at least 4 members (excludes halogenated alkanes) is 5. The highest BCUT2D eigenvalue weighted by Crippen LogP contribution is 2.31. The lowest BCUT2D eigenvalue weighted by Gasteiger charge is -2.25. The summed E-state index contributed by atoms with van der Waals surface area (Å²) >= 11 is -1.95. The number of carbonyl (C=O) groups excluding carboxylic acids is 1. The van der Waals surface area contributed by atoms with Gasteiger partial charge in [0.05, 0.1) is 13.2 Å². The Morgan fingerprint density at radius 1 is 1.02 bits per heavy atom. The second kappa shape index (κ2) is 17.2. The molecular weight excluding hydrogens is 608 g/mol. The van der Waals surface area contributed by atoms with Crippen LogP contribution in [-0.2, 0) is 33.3 Å². The molecule has 1 amide bonds. The van der Waals surface area contributed by atoms with Gasteiger partial charge >= 0.3 is 0 Å². The Kier molecular flexibility index (Phi) is 14.0. The molecule has 0 spiro atoms. The van der Waals surface area contributed by atoms with Crippen molar-refractivity contribution in [3.8, 4) is 11.5 Å². The number of aromatic nitrogens is 4. The first kappa shape index (κ1) is 37.5. The van der Waals surface area contributed by atoms with Gasteiger partial charge in [-0.1, -0.05) is 79.7 Å². The summed E-state index contributed by atoms with van der Waals surface area (Å²) in [5, 5.41) is 30.8. The number of H-pyrrole nitrogens is 1. The van der Waals surface area contributed by atoms with Crippen LogP contribution in [0.4, 0.5) is 0 Å². The monoisotopic (exact) mass is 662 g/mol. The van der Waals surface area contributed by atoms with E-state index >= 15 is 0 Å². The van der Waals surface area contributed by atoms with Crippen LogP contribution in [0.25, 0.3) is 5.65 Å². The number of aromatic amines is 1. The van der Waals surface area contributed by atoms with Crippen LogP contribution >= 0.6 is 0 Å². The zero-order valence-electron chi connectivity index (χ0n) is 28.6. The lowest BCUT2D eigenvalue weighted by atomic mass is 9.93. The largest absolute Gasteiger partial charge is 0.477 e. The Morgan fingerprint density at radius 2 is 1.70 bits per heavy atom. The Bertz CT molecular complexity index is 1410. The second-order valence-corrected chi connectivity index (χ2v) is 14.4. The number of aliphatic hydroxyl groups is 2. The molecular formula is C33H54N6O6S. The molecule has 2 heterocycles. The molecule has 1 aromatic carbocycles. The van der Waals surface area contributed by atoms with Crippen LogP contribution in [0.1, 0.15) is 104 Å². The number of aryl methyl sites for hydroxylation is 1. The van der Waals surface area contributed by atoms with Crippen LogP contribution in [0.5, 0.6) is 11.5 Å². The standard InChI is InChI=1S/C33H54N6O6S/c1-8-9-10-11-12-13-14-25-15-16-26(44-24(2)30(42)38(17-19-40)18-20-41)27(21-25)45-46(43)34-23-33(6,7)31-36-35-29-22-28(32(3,4)5)37-39(29)31/h15-16,21-22,24,34,37,40-41H,8-14,17-20,23H2,1-7H3. The van der Waals surface area contributed by atoms with Gasteiger partial charge in [-0.2, -0.15) is 4.21 Å². The average Bonchev–Trinajstić information content (AvgIpc) is 3.61. The van der Waals surface area contributed by atoms with Crippen LogP contribution in [0.3, 0.4) is 0 Å². The zero-order valence-corrected chi connectivity index (χ0v) is 29.4. The van der Waals surface area contributed by atoms with E-state index in [0.29, 0.717) is 5.82 Å². The second-order valence-electron chi connectivity index (χ2n) is 13.5. The third kappa shape index (κ3) is 10.5. The maximum absolute atomic E-state index is 13.3. The molecule has 4 N–H and O–H groups in total. The quantitative estimate of drug-likeness (QED) is 0.130. The SMILES string of the molecule is CCCCCCCCc1ccc(OC(C)C(=O)N(CCO)CCO)c(OS(=O)NCC(C)(C)c2nnc3cc(C(C)(C)C)[nH]n23)c1. The number of rotatable bonds is 20. The lowest BCUT2D eigenvalue weighted by Crippen LogP contribution is -2.43. The van der Waals surface area contributed by atoms with E-state index in [1.807, 2.05) is 36.6 Å². The molecule has 12 nitrogen and oxygen atoms in total. The van der Waals surface area contributed by atoms with E-state index in [-0.39, 0.29) is 55.7 Å². The van der Waals surface area contributed by atoms with Crippen molar-refractivity contribution in [2.75, 3.05) is 32.8 Å². The summed E-state index contributed by atoms with van der Waals surface area (Å²) in [6.07, 6.45) is 6.93. The van der Waals surface area contributed by atoms with Gasteiger partial charge in [-0.05, 0) is 37.5 Å².